The molecule has 1 aliphatic carbocycles. The first-order chi connectivity index (χ1) is 17.2. The maximum Gasteiger partial charge on any atom is 0.418 e. The van der Waals surface area contributed by atoms with Gasteiger partial charge in [0.05, 0.1) is 35.8 Å². The molecule has 5 rings (SSSR count). The largest absolute Gasteiger partial charge is 0.490 e. The van der Waals surface area contributed by atoms with E-state index in [1.807, 2.05) is 13.1 Å². The number of halogens is 3. The maximum absolute atomic E-state index is 14.1. The Hall–Kier alpha value is -3.07. The first-order valence-electron chi connectivity index (χ1n) is 12.4. The summed E-state index contributed by atoms with van der Waals surface area (Å²) in [6, 6.07) is 8.05. The van der Waals surface area contributed by atoms with Gasteiger partial charge in [-0.15, -0.1) is 0 Å². The van der Waals surface area contributed by atoms with Gasteiger partial charge in [-0.2, -0.15) is 18.3 Å². The number of ketones is 1. The minimum atomic E-state index is -4.50. The lowest BCUT2D eigenvalue weighted by Crippen LogP contribution is -2.37. The van der Waals surface area contributed by atoms with Crippen molar-refractivity contribution in [3.8, 4) is 16.9 Å². The topological polar surface area (TPSA) is 56.6 Å². The van der Waals surface area contributed by atoms with Crippen LogP contribution >= 0.6 is 0 Å². The zero-order valence-corrected chi connectivity index (χ0v) is 20.5. The summed E-state index contributed by atoms with van der Waals surface area (Å²) < 4.78 is 55.7. The molecule has 2 aliphatic rings. The van der Waals surface area contributed by atoms with Gasteiger partial charge in [-0.25, -0.2) is 0 Å². The fourth-order valence-electron chi connectivity index (χ4n) is 5.25. The van der Waals surface area contributed by atoms with Crippen molar-refractivity contribution in [2.75, 3.05) is 31.2 Å². The van der Waals surface area contributed by atoms with E-state index >= 15 is 0 Å². The fraction of sp³-hybridized carbons (Fsp3) is 0.481. The molecule has 2 fully saturated rings. The van der Waals surface area contributed by atoms with Crippen LogP contribution in [0, 0.1) is 5.92 Å². The number of nitrogens with zero attached hydrogens (tertiary/aromatic N) is 3. The van der Waals surface area contributed by atoms with E-state index in [-0.39, 0.29) is 23.5 Å². The summed E-state index contributed by atoms with van der Waals surface area (Å²) in [5.41, 5.74) is 1.18. The second kappa shape index (κ2) is 9.76. The van der Waals surface area contributed by atoms with Crippen LogP contribution in [0.5, 0.6) is 5.75 Å². The number of aromatic nitrogens is 2. The molecule has 2 unspecified atom stereocenters. The summed E-state index contributed by atoms with van der Waals surface area (Å²) in [5.74, 6) is 0.931. The van der Waals surface area contributed by atoms with Gasteiger partial charge in [0.2, 0.25) is 0 Å². The normalized spacial score (nSPS) is 20.1. The molecule has 0 N–H and O–H groups in total. The molecule has 2 heterocycles. The number of hydrogen-bond donors (Lipinski definition) is 0. The first-order valence-corrected chi connectivity index (χ1v) is 12.4. The molecule has 0 radical (unpaired) electrons. The van der Waals surface area contributed by atoms with Crippen molar-refractivity contribution >= 4 is 22.4 Å². The van der Waals surface area contributed by atoms with Gasteiger partial charge in [0, 0.05) is 50.8 Å². The van der Waals surface area contributed by atoms with Crippen LogP contribution < -0.4 is 9.64 Å². The summed E-state index contributed by atoms with van der Waals surface area (Å²) in [6.07, 6.45) is 0.0245. The molecule has 1 aliphatic heterocycles. The molecule has 6 nitrogen and oxygen atoms in total. The van der Waals surface area contributed by atoms with Gasteiger partial charge in [0.25, 0.3) is 0 Å². The van der Waals surface area contributed by atoms with Crippen molar-refractivity contribution in [3.05, 3.63) is 42.1 Å². The molecule has 0 amide bonds. The second-order valence-electron chi connectivity index (χ2n) is 9.76. The van der Waals surface area contributed by atoms with Gasteiger partial charge in [-0.1, -0.05) is 6.07 Å². The van der Waals surface area contributed by atoms with Crippen LogP contribution in [0.1, 0.15) is 38.2 Å². The number of ether oxygens (including phenoxy) is 2. The predicted octanol–water partition coefficient (Wildman–Crippen LogP) is 5.62. The van der Waals surface area contributed by atoms with E-state index in [0.717, 1.165) is 18.2 Å². The van der Waals surface area contributed by atoms with Gasteiger partial charge < -0.3 is 14.4 Å². The van der Waals surface area contributed by atoms with Crippen LogP contribution in [0.2, 0.25) is 0 Å². The number of fused-ring (bicyclic) bond motifs is 1. The summed E-state index contributed by atoms with van der Waals surface area (Å²) >= 11 is 0. The van der Waals surface area contributed by atoms with Crippen molar-refractivity contribution in [2.45, 2.75) is 44.9 Å². The zero-order valence-electron chi connectivity index (χ0n) is 20.5. The Bertz CT molecular complexity index is 1260. The Morgan fingerprint density at radius 3 is 2.64 bits per heavy atom. The third-order valence-corrected chi connectivity index (χ3v) is 7.19. The summed E-state index contributed by atoms with van der Waals surface area (Å²) in [7, 11) is 1.80. The van der Waals surface area contributed by atoms with Crippen molar-refractivity contribution in [2.24, 2.45) is 13.0 Å². The van der Waals surface area contributed by atoms with Crippen LogP contribution in [0.3, 0.4) is 0 Å². The number of carbonyl (C=O) groups is 1. The molecule has 2 aromatic carbocycles. The van der Waals surface area contributed by atoms with Gasteiger partial charge in [0.15, 0.2) is 0 Å². The lowest BCUT2D eigenvalue weighted by molar-refractivity contribution is -0.137. The molecule has 0 bridgehead atoms. The van der Waals surface area contributed by atoms with Crippen LogP contribution in [-0.2, 0) is 22.8 Å². The maximum atomic E-state index is 14.1. The third-order valence-electron chi connectivity index (χ3n) is 7.19. The number of anilines is 1. The molecular formula is C27H30F3N3O3. The summed E-state index contributed by atoms with van der Waals surface area (Å²) in [4.78, 5) is 13.7. The second-order valence-corrected chi connectivity index (χ2v) is 9.76. The number of hydrogen-bond acceptors (Lipinski definition) is 5. The van der Waals surface area contributed by atoms with E-state index in [1.54, 1.807) is 40.9 Å². The van der Waals surface area contributed by atoms with Gasteiger partial charge >= 0.3 is 6.18 Å². The molecule has 1 saturated heterocycles. The van der Waals surface area contributed by atoms with Crippen molar-refractivity contribution in [1.29, 1.82) is 0 Å². The minimum Gasteiger partial charge on any atom is -0.490 e. The number of morpholine rings is 1. The van der Waals surface area contributed by atoms with Gasteiger partial charge in [-0.3, -0.25) is 9.48 Å². The predicted molar refractivity (Wildman–Crippen MR) is 131 cm³/mol. The highest BCUT2D eigenvalue weighted by atomic mass is 19.4. The number of alkyl halides is 3. The number of rotatable bonds is 5. The van der Waals surface area contributed by atoms with E-state index in [4.69, 9.17) is 9.47 Å². The van der Waals surface area contributed by atoms with Gasteiger partial charge in [-0.05, 0) is 55.2 Å². The van der Waals surface area contributed by atoms with E-state index < -0.39 is 11.7 Å². The highest BCUT2D eigenvalue weighted by Gasteiger charge is 2.36. The Labute approximate surface area is 208 Å². The average Bonchev–Trinajstić information content (AvgIpc) is 3.24. The van der Waals surface area contributed by atoms with Crippen molar-refractivity contribution in [1.82, 2.24) is 9.78 Å². The average molecular weight is 502 g/mol. The number of carbonyl (C=O) groups excluding carboxylic acids is 1. The standard InChI is InChI=1S/C27H30F3N3O3/c1-17(18-4-3-5-21(34)12-18)36-26-15-20(14-24-22(26)16-32(2)31-24)19-6-7-25(23(13-19)27(28,29)30)33-8-10-35-11-9-33/h6-7,13-18H,3-5,8-12H2,1-2H3. The quantitative estimate of drug-likeness (QED) is 0.454. The Kier molecular flexibility index (Phi) is 6.68. The Morgan fingerprint density at radius 2 is 1.92 bits per heavy atom. The molecule has 36 heavy (non-hydrogen) atoms. The molecule has 9 heteroatoms. The Morgan fingerprint density at radius 1 is 1.14 bits per heavy atom. The molecule has 3 aromatic rings. The van der Waals surface area contributed by atoms with Crippen LogP contribution in [0.4, 0.5) is 18.9 Å². The smallest absolute Gasteiger partial charge is 0.418 e. The third kappa shape index (κ3) is 5.07. The lowest BCUT2D eigenvalue weighted by atomic mass is 9.85. The van der Waals surface area contributed by atoms with Crippen LogP contribution in [-0.4, -0.2) is 48.0 Å². The van der Waals surface area contributed by atoms with Crippen LogP contribution in [0.25, 0.3) is 22.0 Å². The van der Waals surface area contributed by atoms with Crippen molar-refractivity contribution < 1.29 is 27.4 Å². The highest BCUT2D eigenvalue weighted by molar-refractivity contribution is 5.90. The van der Waals surface area contributed by atoms with E-state index in [9.17, 15) is 18.0 Å². The summed E-state index contributed by atoms with van der Waals surface area (Å²) in [6.45, 7) is 3.60. The minimum absolute atomic E-state index is 0.117. The highest BCUT2D eigenvalue weighted by Crippen LogP contribution is 2.41. The fourth-order valence-corrected chi connectivity index (χ4v) is 5.25. The Balaban J connectivity index is 1.53. The van der Waals surface area contributed by atoms with E-state index in [0.29, 0.717) is 61.5 Å². The lowest BCUT2D eigenvalue weighted by Gasteiger charge is -2.31. The van der Waals surface area contributed by atoms with E-state index in [1.165, 1.54) is 6.07 Å². The molecule has 1 aromatic heterocycles. The van der Waals surface area contributed by atoms with Gasteiger partial charge in [0.1, 0.15) is 11.5 Å². The molecular weight excluding hydrogens is 471 g/mol. The number of benzene rings is 2. The van der Waals surface area contributed by atoms with Crippen molar-refractivity contribution in [3.63, 3.8) is 0 Å². The molecule has 1 saturated carbocycles. The monoisotopic (exact) mass is 501 g/mol. The SMILES string of the molecule is CC(Oc1cc(-c2ccc(N3CCOCC3)c(C(F)(F)F)c2)cc2nn(C)cc12)C1CCCC(=O)C1. The first kappa shape index (κ1) is 24.6. The number of Topliss-reactive ketones (excluding diaryl/α,β-unsaturated/α-hetero) is 1. The number of aryl methyl sites for hydroxylation is 1. The van der Waals surface area contributed by atoms with E-state index in [2.05, 4.69) is 5.10 Å². The molecule has 2 atom stereocenters. The van der Waals surface area contributed by atoms with Crippen LogP contribution in [0.15, 0.2) is 36.5 Å². The summed E-state index contributed by atoms with van der Waals surface area (Å²) in [5, 5.41) is 5.28. The molecule has 192 valence electrons. The zero-order chi connectivity index (χ0) is 25.4. The molecule has 0 spiro atoms.